The summed E-state index contributed by atoms with van der Waals surface area (Å²) < 4.78 is 6.21. The molecule has 0 fully saturated rings. The van der Waals surface area contributed by atoms with E-state index in [1.165, 1.54) is 5.56 Å². The summed E-state index contributed by atoms with van der Waals surface area (Å²) in [6, 6.07) is 8.88. The van der Waals surface area contributed by atoms with Crippen LogP contribution in [0.4, 0.5) is 0 Å². The molecule has 1 rings (SSSR count). The largest absolute Gasteiger partial charge is 0.383 e. The van der Waals surface area contributed by atoms with Gasteiger partial charge >= 0.3 is 0 Å². The van der Waals surface area contributed by atoms with Gasteiger partial charge in [-0.2, -0.15) is 0 Å². The first kappa shape index (κ1) is 15.6. The number of benzene rings is 1. The highest BCUT2D eigenvalue weighted by Crippen LogP contribution is 2.20. The van der Waals surface area contributed by atoms with E-state index in [4.69, 9.17) is 4.74 Å². The molecule has 4 heteroatoms. The number of rotatable bonds is 8. The van der Waals surface area contributed by atoms with Crippen LogP contribution in [0.1, 0.15) is 18.0 Å². The fourth-order valence-electron chi connectivity index (χ4n) is 1.91. The zero-order valence-corrected chi connectivity index (χ0v) is 13.0. The minimum absolute atomic E-state index is 0.396. The predicted molar refractivity (Wildman–Crippen MR) is 79.9 cm³/mol. The van der Waals surface area contributed by atoms with E-state index in [0.717, 1.165) is 30.6 Å². The molecular weight excluding hydrogens is 292 g/mol. The average Bonchev–Trinajstić information content (AvgIpc) is 2.37. The Morgan fingerprint density at radius 3 is 2.78 bits per heavy atom. The second-order valence-corrected chi connectivity index (χ2v) is 5.40. The van der Waals surface area contributed by atoms with Crippen molar-refractivity contribution in [3.63, 3.8) is 0 Å². The number of ether oxygens (including phenoxy) is 1. The van der Waals surface area contributed by atoms with E-state index < -0.39 is 0 Å². The fourth-order valence-corrected chi connectivity index (χ4v) is 2.33. The van der Waals surface area contributed by atoms with Crippen molar-refractivity contribution in [1.82, 2.24) is 10.2 Å². The molecule has 0 spiro atoms. The van der Waals surface area contributed by atoms with Gasteiger partial charge in [0.1, 0.15) is 0 Å². The Morgan fingerprint density at radius 2 is 2.17 bits per heavy atom. The van der Waals surface area contributed by atoms with Gasteiger partial charge in [0.25, 0.3) is 0 Å². The third kappa shape index (κ3) is 5.48. The minimum atomic E-state index is 0.396. The molecule has 0 bridgehead atoms. The lowest BCUT2D eigenvalue weighted by Crippen LogP contribution is -2.27. The van der Waals surface area contributed by atoms with Gasteiger partial charge in [-0.05, 0) is 44.8 Å². The molecule has 1 atom stereocenters. The fraction of sp³-hybridized carbons (Fsp3) is 0.571. The Hall–Kier alpha value is -0.420. The van der Waals surface area contributed by atoms with Crippen LogP contribution in [0, 0.1) is 0 Å². The highest BCUT2D eigenvalue weighted by Gasteiger charge is 2.10. The summed E-state index contributed by atoms with van der Waals surface area (Å²) in [5.41, 5.74) is 1.33. The number of nitrogens with one attached hydrogen (secondary N) is 1. The van der Waals surface area contributed by atoms with Crippen LogP contribution in [-0.4, -0.2) is 45.8 Å². The smallest absolute Gasteiger partial charge is 0.0589 e. The molecule has 3 nitrogen and oxygen atoms in total. The second-order valence-electron chi connectivity index (χ2n) is 4.48. The van der Waals surface area contributed by atoms with Gasteiger partial charge in [0.2, 0.25) is 0 Å². The van der Waals surface area contributed by atoms with Crippen molar-refractivity contribution in [2.45, 2.75) is 12.5 Å². The quantitative estimate of drug-likeness (QED) is 0.798. The van der Waals surface area contributed by atoms with Gasteiger partial charge in [-0.25, -0.2) is 0 Å². The zero-order valence-electron chi connectivity index (χ0n) is 11.4. The third-order valence-corrected chi connectivity index (χ3v) is 3.57. The van der Waals surface area contributed by atoms with Gasteiger partial charge in [-0.1, -0.05) is 28.1 Å². The first-order chi connectivity index (χ1) is 8.67. The van der Waals surface area contributed by atoms with E-state index in [-0.39, 0.29) is 0 Å². The summed E-state index contributed by atoms with van der Waals surface area (Å²) >= 11 is 3.52. The van der Waals surface area contributed by atoms with Crippen LogP contribution in [0.25, 0.3) is 0 Å². The Labute approximate surface area is 119 Å². The molecule has 0 aliphatic rings. The SMILES string of the molecule is CNC(CCN(C)CCOC)c1cccc(Br)c1. The number of likely N-dealkylation sites (N-methyl/N-ethyl adjacent to an activating group) is 1. The molecule has 1 N–H and O–H groups in total. The van der Waals surface area contributed by atoms with Crippen LogP contribution in [0.3, 0.4) is 0 Å². The number of methoxy groups -OCH3 is 1. The Morgan fingerprint density at radius 1 is 1.39 bits per heavy atom. The summed E-state index contributed by atoms with van der Waals surface area (Å²) in [6.45, 7) is 2.82. The van der Waals surface area contributed by atoms with Gasteiger partial charge in [0.15, 0.2) is 0 Å². The van der Waals surface area contributed by atoms with Crippen molar-refractivity contribution >= 4 is 15.9 Å². The maximum atomic E-state index is 5.08. The molecule has 1 unspecified atom stereocenters. The second kappa shape index (κ2) is 8.64. The molecule has 0 saturated carbocycles. The van der Waals surface area contributed by atoms with E-state index in [1.54, 1.807) is 7.11 Å². The van der Waals surface area contributed by atoms with Crippen molar-refractivity contribution in [3.05, 3.63) is 34.3 Å². The molecule has 0 amide bonds. The molecular formula is C14H23BrN2O. The standard InChI is InChI=1S/C14H23BrN2O/c1-16-14(7-8-17(2)9-10-18-3)12-5-4-6-13(15)11-12/h4-6,11,14,16H,7-10H2,1-3H3. The van der Waals surface area contributed by atoms with E-state index in [2.05, 4.69) is 57.5 Å². The van der Waals surface area contributed by atoms with E-state index in [9.17, 15) is 0 Å². The van der Waals surface area contributed by atoms with Crippen LogP contribution in [0.15, 0.2) is 28.7 Å². The molecule has 0 saturated heterocycles. The van der Waals surface area contributed by atoms with Gasteiger partial charge in [0.05, 0.1) is 6.61 Å². The maximum Gasteiger partial charge on any atom is 0.0589 e. The number of nitrogens with zero attached hydrogens (tertiary/aromatic N) is 1. The van der Waals surface area contributed by atoms with E-state index >= 15 is 0 Å². The Bertz CT molecular complexity index is 346. The first-order valence-electron chi connectivity index (χ1n) is 6.27. The summed E-state index contributed by atoms with van der Waals surface area (Å²) in [7, 11) is 5.89. The van der Waals surface area contributed by atoms with Crippen LogP contribution in [0.2, 0.25) is 0 Å². The summed E-state index contributed by atoms with van der Waals surface area (Å²) in [5.74, 6) is 0. The lowest BCUT2D eigenvalue weighted by molar-refractivity contribution is 0.159. The van der Waals surface area contributed by atoms with Gasteiger partial charge in [-0.15, -0.1) is 0 Å². The van der Waals surface area contributed by atoms with Crippen LogP contribution >= 0.6 is 15.9 Å². The molecule has 0 aliphatic carbocycles. The molecule has 0 radical (unpaired) electrons. The van der Waals surface area contributed by atoms with Crippen molar-refractivity contribution in [1.29, 1.82) is 0 Å². The molecule has 1 aromatic rings. The van der Waals surface area contributed by atoms with Gasteiger partial charge in [0, 0.05) is 24.2 Å². The van der Waals surface area contributed by atoms with Crippen LogP contribution in [-0.2, 0) is 4.74 Å². The summed E-state index contributed by atoms with van der Waals surface area (Å²) in [4.78, 5) is 2.30. The number of halogens is 1. The monoisotopic (exact) mass is 314 g/mol. The van der Waals surface area contributed by atoms with Crippen molar-refractivity contribution < 1.29 is 4.74 Å². The molecule has 0 aliphatic heterocycles. The normalized spacial score (nSPS) is 12.9. The molecule has 1 aromatic carbocycles. The highest BCUT2D eigenvalue weighted by molar-refractivity contribution is 9.10. The first-order valence-corrected chi connectivity index (χ1v) is 7.07. The van der Waals surface area contributed by atoms with Crippen molar-refractivity contribution in [2.24, 2.45) is 0 Å². The molecule has 0 heterocycles. The van der Waals surface area contributed by atoms with Crippen LogP contribution < -0.4 is 5.32 Å². The third-order valence-electron chi connectivity index (χ3n) is 3.08. The molecule has 18 heavy (non-hydrogen) atoms. The van der Waals surface area contributed by atoms with E-state index in [0.29, 0.717) is 6.04 Å². The van der Waals surface area contributed by atoms with E-state index in [1.807, 2.05) is 7.05 Å². The highest BCUT2D eigenvalue weighted by atomic mass is 79.9. The topological polar surface area (TPSA) is 24.5 Å². The molecule has 0 aromatic heterocycles. The van der Waals surface area contributed by atoms with Gasteiger partial charge < -0.3 is 15.0 Å². The number of hydrogen-bond acceptors (Lipinski definition) is 3. The zero-order chi connectivity index (χ0) is 13.4. The molecule has 102 valence electrons. The Kier molecular flexibility index (Phi) is 7.51. The Balaban J connectivity index is 2.47. The minimum Gasteiger partial charge on any atom is -0.383 e. The van der Waals surface area contributed by atoms with Gasteiger partial charge in [-0.3, -0.25) is 0 Å². The lowest BCUT2D eigenvalue weighted by Gasteiger charge is -2.21. The predicted octanol–water partition coefficient (Wildman–Crippen LogP) is 2.68. The van der Waals surface area contributed by atoms with Crippen molar-refractivity contribution in [3.8, 4) is 0 Å². The number of hydrogen-bond donors (Lipinski definition) is 1. The van der Waals surface area contributed by atoms with Crippen LogP contribution in [0.5, 0.6) is 0 Å². The van der Waals surface area contributed by atoms with Crippen molar-refractivity contribution in [2.75, 3.05) is 40.9 Å². The lowest BCUT2D eigenvalue weighted by atomic mass is 10.0. The maximum absolute atomic E-state index is 5.08. The summed E-state index contributed by atoms with van der Waals surface area (Å²) in [5, 5.41) is 3.38. The average molecular weight is 315 g/mol. The summed E-state index contributed by atoms with van der Waals surface area (Å²) in [6.07, 6.45) is 1.09.